The molecule has 0 aliphatic heterocycles. The average molecular weight is 121 g/mol. The number of aromatic nitrogens is 3. The van der Waals surface area contributed by atoms with Crippen LogP contribution in [0.15, 0.2) is 18.5 Å². The number of fused-ring (bicyclic) bond motifs is 1. The first-order chi connectivity index (χ1) is 4.38. The van der Waals surface area contributed by atoms with Gasteiger partial charge in [0.15, 0.2) is 0 Å². The average Bonchev–Trinajstić information content (AvgIpc) is 2.35. The second kappa shape index (κ2) is 1.37. The number of hydrogen-bond donors (Lipinski definition) is 1. The molecule has 0 atom stereocenters. The minimum absolute atomic E-state index is 1.08. The van der Waals surface area contributed by atoms with Gasteiger partial charge in [0.2, 0.25) is 0 Å². The number of nitrogens with one attached hydrogen (secondary N) is 1. The zero-order chi connectivity index (χ0) is 6.27. The fraction of sp³-hybridized carbons (Fsp3) is 0.167. The van der Waals surface area contributed by atoms with E-state index in [1.165, 1.54) is 0 Å². The van der Waals surface area contributed by atoms with Crippen LogP contribution in [-0.2, 0) is 7.05 Å². The zero-order valence-corrected chi connectivity index (χ0v) is 5.13. The second-order valence-corrected chi connectivity index (χ2v) is 2.05. The van der Waals surface area contributed by atoms with Crippen LogP contribution < -0.4 is 0 Å². The highest BCUT2D eigenvalue weighted by atomic mass is 15.3. The fourth-order valence-corrected chi connectivity index (χ4v) is 0.964. The first-order valence-electron chi connectivity index (χ1n) is 2.83. The molecule has 0 fully saturated rings. The van der Waals surface area contributed by atoms with Crippen molar-refractivity contribution < 1.29 is 0 Å². The Kier molecular flexibility index (Phi) is 0.704. The minimum Gasteiger partial charge on any atom is -0.346 e. The number of aryl methyl sites for hydroxylation is 1. The summed E-state index contributed by atoms with van der Waals surface area (Å²) in [5, 5.41) is 5.21. The van der Waals surface area contributed by atoms with E-state index in [9.17, 15) is 0 Å². The largest absolute Gasteiger partial charge is 0.346 e. The number of rotatable bonds is 0. The highest BCUT2D eigenvalue weighted by Gasteiger charge is 1.95. The van der Waals surface area contributed by atoms with E-state index in [2.05, 4.69) is 10.1 Å². The lowest BCUT2D eigenvalue weighted by Gasteiger charge is -1.84. The molecule has 0 amide bonds. The molecule has 0 unspecified atom stereocenters. The highest BCUT2D eigenvalue weighted by Crippen LogP contribution is 2.07. The molecule has 46 valence electrons. The zero-order valence-electron chi connectivity index (χ0n) is 5.13. The van der Waals surface area contributed by atoms with E-state index in [1.807, 2.05) is 30.2 Å². The second-order valence-electron chi connectivity index (χ2n) is 2.05. The Labute approximate surface area is 52.3 Å². The molecule has 1 N–H and O–H groups in total. The van der Waals surface area contributed by atoms with Crippen molar-refractivity contribution in [2.24, 2.45) is 7.05 Å². The molecular formula is C6H7N3. The lowest BCUT2D eigenvalue weighted by Crippen LogP contribution is -1.88. The van der Waals surface area contributed by atoms with Gasteiger partial charge in [0.1, 0.15) is 5.65 Å². The molecule has 2 aromatic rings. The van der Waals surface area contributed by atoms with Crippen LogP contribution in [0, 0.1) is 0 Å². The SMILES string of the molecule is Cn1ncc2cc[nH]c21. The van der Waals surface area contributed by atoms with Crippen molar-refractivity contribution in [3.8, 4) is 0 Å². The fourth-order valence-electron chi connectivity index (χ4n) is 0.964. The van der Waals surface area contributed by atoms with Crippen molar-refractivity contribution in [2.75, 3.05) is 0 Å². The summed E-state index contributed by atoms with van der Waals surface area (Å²) in [6.45, 7) is 0. The van der Waals surface area contributed by atoms with E-state index >= 15 is 0 Å². The predicted molar refractivity (Wildman–Crippen MR) is 35.1 cm³/mol. The molecule has 2 aromatic heterocycles. The molecule has 0 saturated heterocycles. The minimum atomic E-state index is 1.08. The third-order valence-electron chi connectivity index (χ3n) is 1.45. The molecule has 3 nitrogen and oxygen atoms in total. The van der Waals surface area contributed by atoms with Crippen molar-refractivity contribution in [1.29, 1.82) is 0 Å². The van der Waals surface area contributed by atoms with Crippen molar-refractivity contribution >= 4 is 11.0 Å². The monoisotopic (exact) mass is 121 g/mol. The van der Waals surface area contributed by atoms with E-state index in [4.69, 9.17) is 0 Å². The summed E-state index contributed by atoms with van der Waals surface area (Å²) in [7, 11) is 1.92. The van der Waals surface area contributed by atoms with Gasteiger partial charge < -0.3 is 4.98 Å². The summed E-state index contributed by atoms with van der Waals surface area (Å²) in [5.41, 5.74) is 1.08. The molecule has 0 spiro atoms. The standard InChI is InChI=1S/C6H7N3/c1-9-6-5(4-8-9)2-3-7-6/h2-4,7H,1H3. The quantitative estimate of drug-likeness (QED) is 0.552. The predicted octanol–water partition coefficient (Wildman–Crippen LogP) is 0.901. The Morgan fingerprint density at radius 3 is 3.33 bits per heavy atom. The number of nitrogens with zero attached hydrogens (tertiary/aromatic N) is 2. The van der Waals surface area contributed by atoms with Crippen LogP contribution in [0.3, 0.4) is 0 Å². The first kappa shape index (κ1) is 4.61. The van der Waals surface area contributed by atoms with Crippen molar-refractivity contribution in [1.82, 2.24) is 14.8 Å². The maximum Gasteiger partial charge on any atom is 0.135 e. The van der Waals surface area contributed by atoms with Crippen molar-refractivity contribution in [2.45, 2.75) is 0 Å². The van der Waals surface area contributed by atoms with E-state index in [-0.39, 0.29) is 0 Å². The third-order valence-corrected chi connectivity index (χ3v) is 1.45. The van der Waals surface area contributed by atoms with Gasteiger partial charge in [-0.25, -0.2) is 0 Å². The Morgan fingerprint density at radius 2 is 2.56 bits per heavy atom. The maximum absolute atomic E-state index is 4.04. The van der Waals surface area contributed by atoms with E-state index in [0.29, 0.717) is 0 Å². The summed E-state index contributed by atoms with van der Waals surface area (Å²) < 4.78 is 1.81. The van der Waals surface area contributed by atoms with Gasteiger partial charge in [0.25, 0.3) is 0 Å². The summed E-state index contributed by atoms with van der Waals surface area (Å²) in [4.78, 5) is 3.07. The molecule has 0 saturated carbocycles. The van der Waals surface area contributed by atoms with Crippen LogP contribution in [0.4, 0.5) is 0 Å². The van der Waals surface area contributed by atoms with Crippen LogP contribution >= 0.6 is 0 Å². The van der Waals surface area contributed by atoms with Crippen molar-refractivity contribution in [3.63, 3.8) is 0 Å². The summed E-state index contributed by atoms with van der Waals surface area (Å²) in [5.74, 6) is 0. The van der Waals surface area contributed by atoms with Gasteiger partial charge in [-0.15, -0.1) is 0 Å². The lowest BCUT2D eigenvalue weighted by molar-refractivity contribution is 0.787. The molecule has 0 aliphatic carbocycles. The van der Waals surface area contributed by atoms with Crippen molar-refractivity contribution in [3.05, 3.63) is 18.5 Å². The third kappa shape index (κ3) is 0.483. The van der Waals surface area contributed by atoms with Crippen LogP contribution in [0.25, 0.3) is 11.0 Å². The number of hydrogen-bond acceptors (Lipinski definition) is 1. The maximum atomic E-state index is 4.04. The number of aromatic amines is 1. The van der Waals surface area contributed by atoms with E-state index in [0.717, 1.165) is 11.0 Å². The molecule has 0 radical (unpaired) electrons. The highest BCUT2D eigenvalue weighted by molar-refractivity contribution is 5.74. The van der Waals surface area contributed by atoms with Crippen LogP contribution in [-0.4, -0.2) is 14.8 Å². The lowest BCUT2D eigenvalue weighted by atomic mass is 10.5. The molecule has 0 bridgehead atoms. The molecule has 0 aromatic carbocycles. The Hall–Kier alpha value is -1.25. The van der Waals surface area contributed by atoms with E-state index in [1.54, 1.807) is 0 Å². The van der Waals surface area contributed by atoms with Crippen LogP contribution in [0.2, 0.25) is 0 Å². The number of H-pyrrole nitrogens is 1. The van der Waals surface area contributed by atoms with Gasteiger partial charge >= 0.3 is 0 Å². The molecular weight excluding hydrogens is 114 g/mol. The van der Waals surface area contributed by atoms with Gasteiger partial charge in [-0.3, -0.25) is 4.68 Å². The van der Waals surface area contributed by atoms with Gasteiger partial charge in [0.05, 0.1) is 6.20 Å². The van der Waals surface area contributed by atoms with Gasteiger partial charge in [-0.05, 0) is 6.07 Å². The molecule has 9 heavy (non-hydrogen) atoms. The molecule has 2 heterocycles. The Morgan fingerprint density at radius 1 is 1.67 bits per heavy atom. The molecule has 3 heteroatoms. The van der Waals surface area contributed by atoms with Gasteiger partial charge in [-0.2, -0.15) is 5.10 Å². The van der Waals surface area contributed by atoms with Gasteiger partial charge in [-0.1, -0.05) is 0 Å². The molecule has 0 aliphatic rings. The summed E-state index contributed by atoms with van der Waals surface area (Å²) >= 11 is 0. The normalized spacial score (nSPS) is 10.8. The van der Waals surface area contributed by atoms with E-state index < -0.39 is 0 Å². The summed E-state index contributed by atoms with van der Waals surface area (Å²) in [6.07, 6.45) is 3.75. The smallest absolute Gasteiger partial charge is 0.135 e. The Balaban J connectivity index is 2.99. The summed E-state index contributed by atoms with van der Waals surface area (Å²) in [6, 6.07) is 2.00. The Bertz CT molecular complexity index is 317. The first-order valence-corrected chi connectivity index (χ1v) is 2.83. The van der Waals surface area contributed by atoms with Gasteiger partial charge in [0, 0.05) is 18.6 Å². The van der Waals surface area contributed by atoms with Crippen LogP contribution in [0.5, 0.6) is 0 Å². The van der Waals surface area contributed by atoms with Crippen LogP contribution in [0.1, 0.15) is 0 Å². The molecule has 2 rings (SSSR count). The topological polar surface area (TPSA) is 33.6 Å².